The fourth-order valence-corrected chi connectivity index (χ4v) is 4.22. The van der Waals surface area contributed by atoms with Crippen LogP contribution in [0.15, 0.2) is 78.9 Å². The van der Waals surface area contributed by atoms with E-state index in [0.29, 0.717) is 0 Å². The number of hydrogen-bond donors (Lipinski definition) is 0. The molecule has 4 aromatic rings. The molecular formula is C25H21N. The summed E-state index contributed by atoms with van der Waals surface area (Å²) in [4.78, 5) is 0. The number of rotatable bonds is 2. The van der Waals surface area contributed by atoms with Crippen LogP contribution < -0.4 is 0 Å². The van der Waals surface area contributed by atoms with Gasteiger partial charge in [-0.15, -0.1) is 0 Å². The molecule has 0 spiro atoms. The molecule has 1 aliphatic rings. The fraction of sp³-hybridized carbons (Fsp3) is 0.120. The third-order valence-corrected chi connectivity index (χ3v) is 5.36. The van der Waals surface area contributed by atoms with Gasteiger partial charge in [-0.1, -0.05) is 66.7 Å². The third kappa shape index (κ3) is 2.32. The maximum Gasteiger partial charge on any atom is 0.0546 e. The molecule has 0 saturated heterocycles. The lowest BCUT2D eigenvalue weighted by Gasteiger charge is -2.13. The second-order valence-electron chi connectivity index (χ2n) is 7.03. The first kappa shape index (κ1) is 15.2. The molecule has 1 aliphatic carbocycles. The molecule has 0 saturated carbocycles. The van der Waals surface area contributed by atoms with Crippen molar-refractivity contribution in [1.29, 1.82) is 0 Å². The predicted molar refractivity (Wildman–Crippen MR) is 111 cm³/mol. The number of para-hydroxylation sites is 1. The number of benzene rings is 3. The molecule has 0 unspecified atom stereocenters. The Morgan fingerprint density at radius 2 is 1.54 bits per heavy atom. The van der Waals surface area contributed by atoms with Crippen molar-refractivity contribution in [2.75, 3.05) is 0 Å². The van der Waals surface area contributed by atoms with Crippen molar-refractivity contribution in [3.63, 3.8) is 0 Å². The van der Waals surface area contributed by atoms with Crippen molar-refractivity contribution in [2.45, 2.75) is 19.8 Å². The quantitative estimate of drug-likeness (QED) is 0.390. The highest BCUT2D eigenvalue weighted by atomic mass is 15.0. The van der Waals surface area contributed by atoms with Crippen LogP contribution in [0.3, 0.4) is 0 Å². The summed E-state index contributed by atoms with van der Waals surface area (Å²) in [5, 5.41) is 1.39. The Morgan fingerprint density at radius 3 is 2.31 bits per heavy atom. The largest absolute Gasteiger partial charge is 0.313 e. The van der Waals surface area contributed by atoms with Gasteiger partial charge in [0.1, 0.15) is 0 Å². The predicted octanol–water partition coefficient (Wildman–Crippen LogP) is 6.57. The monoisotopic (exact) mass is 335 g/mol. The molecule has 0 amide bonds. The van der Waals surface area contributed by atoms with Crippen molar-refractivity contribution < 1.29 is 0 Å². The van der Waals surface area contributed by atoms with Crippen LogP contribution in [-0.4, -0.2) is 4.57 Å². The van der Waals surface area contributed by atoms with Crippen LogP contribution >= 0.6 is 0 Å². The maximum absolute atomic E-state index is 2.47. The van der Waals surface area contributed by atoms with Gasteiger partial charge < -0.3 is 4.57 Å². The van der Waals surface area contributed by atoms with E-state index in [0.717, 1.165) is 12.8 Å². The molecule has 1 heteroatoms. The van der Waals surface area contributed by atoms with Crippen LogP contribution in [0.1, 0.15) is 23.2 Å². The molecule has 0 radical (unpaired) electrons. The third-order valence-electron chi connectivity index (χ3n) is 5.36. The molecule has 126 valence electrons. The maximum atomic E-state index is 2.47. The van der Waals surface area contributed by atoms with E-state index < -0.39 is 0 Å². The summed E-state index contributed by atoms with van der Waals surface area (Å²) in [6, 6.07) is 26.1. The standard InChI is InChI=1S/C25H21N/c1-18-16-20(19-10-4-2-5-11-19)17-24-25(18)22-14-8-9-15-23(22)26(24)21-12-6-3-7-13-21/h2-8,10-14,16-17H,9,15H2,1H3. The topological polar surface area (TPSA) is 4.93 Å². The second kappa shape index (κ2) is 6.03. The van der Waals surface area contributed by atoms with E-state index in [4.69, 9.17) is 0 Å². The van der Waals surface area contributed by atoms with Crippen LogP contribution in [0, 0.1) is 6.92 Å². The molecule has 0 atom stereocenters. The van der Waals surface area contributed by atoms with Gasteiger partial charge in [-0.3, -0.25) is 0 Å². The zero-order valence-electron chi connectivity index (χ0n) is 14.9. The average Bonchev–Trinajstić information content (AvgIpc) is 3.04. The number of fused-ring (bicyclic) bond motifs is 3. The summed E-state index contributed by atoms with van der Waals surface area (Å²) >= 11 is 0. The molecule has 1 nitrogen and oxygen atoms in total. The highest BCUT2D eigenvalue weighted by molar-refractivity contribution is 5.98. The van der Waals surface area contributed by atoms with Gasteiger partial charge in [0, 0.05) is 22.3 Å². The van der Waals surface area contributed by atoms with Crippen molar-refractivity contribution in [2.24, 2.45) is 0 Å². The summed E-state index contributed by atoms with van der Waals surface area (Å²) in [5.74, 6) is 0. The lowest BCUT2D eigenvalue weighted by Crippen LogP contribution is -2.02. The Labute approximate surface area is 154 Å². The van der Waals surface area contributed by atoms with Crippen molar-refractivity contribution in [3.8, 4) is 16.8 Å². The molecule has 0 fully saturated rings. The Bertz CT molecular complexity index is 1120. The minimum atomic E-state index is 1.09. The van der Waals surface area contributed by atoms with Crippen molar-refractivity contribution in [3.05, 3.63) is 95.7 Å². The summed E-state index contributed by atoms with van der Waals surface area (Å²) in [7, 11) is 0. The Balaban J connectivity index is 1.88. The molecule has 5 rings (SSSR count). The lowest BCUT2D eigenvalue weighted by atomic mass is 9.96. The normalized spacial score (nSPS) is 13.1. The molecule has 1 heterocycles. The van der Waals surface area contributed by atoms with E-state index in [9.17, 15) is 0 Å². The van der Waals surface area contributed by atoms with Gasteiger partial charge in [0.15, 0.2) is 0 Å². The van der Waals surface area contributed by atoms with Gasteiger partial charge in [0.2, 0.25) is 0 Å². The Hall–Kier alpha value is -3.06. The van der Waals surface area contributed by atoms with Crippen LogP contribution in [0.4, 0.5) is 0 Å². The molecule has 1 aromatic heterocycles. The van der Waals surface area contributed by atoms with E-state index in [-0.39, 0.29) is 0 Å². The first-order valence-electron chi connectivity index (χ1n) is 9.28. The fourth-order valence-electron chi connectivity index (χ4n) is 4.22. The molecular weight excluding hydrogens is 314 g/mol. The minimum absolute atomic E-state index is 1.09. The van der Waals surface area contributed by atoms with Gasteiger partial charge in [-0.05, 0) is 54.7 Å². The molecule has 26 heavy (non-hydrogen) atoms. The Kier molecular flexibility index (Phi) is 3.53. The van der Waals surface area contributed by atoms with Crippen LogP contribution in [0.25, 0.3) is 33.8 Å². The highest BCUT2D eigenvalue weighted by Crippen LogP contribution is 2.38. The van der Waals surface area contributed by atoms with Gasteiger partial charge >= 0.3 is 0 Å². The number of hydrogen-bond acceptors (Lipinski definition) is 0. The highest BCUT2D eigenvalue weighted by Gasteiger charge is 2.20. The summed E-state index contributed by atoms with van der Waals surface area (Å²) in [6.07, 6.45) is 6.83. The van der Waals surface area contributed by atoms with Crippen molar-refractivity contribution >= 4 is 17.0 Å². The first-order valence-corrected chi connectivity index (χ1v) is 9.28. The smallest absolute Gasteiger partial charge is 0.0546 e. The van der Waals surface area contributed by atoms with E-state index in [1.165, 1.54) is 44.5 Å². The SMILES string of the molecule is Cc1cc(-c2ccccc2)cc2c1c1c(n2-c2ccccc2)CCC=C1. The minimum Gasteiger partial charge on any atom is -0.313 e. The summed E-state index contributed by atoms with van der Waals surface area (Å²) in [6.45, 7) is 2.24. The van der Waals surface area contributed by atoms with Crippen LogP contribution in [0.5, 0.6) is 0 Å². The summed E-state index contributed by atoms with van der Waals surface area (Å²) in [5.41, 5.74) is 9.29. The van der Waals surface area contributed by atoms with Crippen LogP contribution in [0.2, 0.25) is 0 Å². The van der Waals surface area contributed by atoms with Gasteiger partial charge in [0.25, 0.3) is 0 Å². The van der Waals surface area contributed by atoms with Gasteiger partial charge in [-0.25, -0.2) is 0 Å². The average molecular weight is 335 g/mol. The van der Waals surface area contributed by atoms with E-state index in [1.54, 1.807) is 0 Å². The lowest BCUT2D eigenvalue weighted by molar-refractivity contribution is 0.888. The molecule has 3 aromatic carbocycles. The number of aromatic nitrogens is 1. The van der Waals surface area contributed by atoms with E-state index in [1.807, 2.05) is 0 Å². The number of allylic oxidation sites excluding steroid dienone is 1. The van der Waals surface area contributed by atoms with E-state index in [2.05, 4.69) is 96.4 Å². The summed E-state index contributed by atoms with van der Waals surface area (Å²) < 4.78 is 2.47. The first-order chi connectivity index (χ1) is 12.8. The molecule has 0 N–H and O–H groups in total. The second-order valence-corrected chi connectivity index (χ2v) is 7.03. The zero-order chi connectivity index (χ0) is 17.5. The van der Waals surface area contributed by atoms with Gasteiger partial charge in [0.05, 0.1) is 5.52 Å². The Morgan fingerprint density at radius 1 is 0.808 bits per heavy atom. The van der Waals surface area contributed by atoms with Gasteiger partial charge in [-0.2, -0.15) is 0 Å². The molecule has 0 bridgehead atoms. The number of aryl methyl sites for hydroxylation is 1. The van der Waals surface area contributed by atoms with Crippen LogP contribution in [-0.2, 0) is 6.42 Å². The van der Waals surface area contributed by atoms with Crippen molar-refractivity contribution in [1.82, 2.24) is 4.57 Å². The number of nitrogens with zero attached hydrogens (tertiary/aromatic N) is 1. The van der Waals surface area contributed by atoms with E-state index >= 15 is 0 Å². The molecule has 0 aliphatic heterocycles. The zero-order valence-corrected chi connectivity index (χ0v) is 14.9.